The molecule has 6 nitrogen and oxygen atoms in total. The van der Waals surface area contributed by atoms with Gasteiger partial charge in [0.25, 0.3) is 0 Å². The lowest BCUT2D eigenvalue weighted by atomic mass is 9.84. The van der Waals surface area contributed by atoms with Crippen LogP contribution in [0.3, 0.4) is 0 Å². The Morgan fingerprint density at radius 2 is 1.84 bits per heavy atom. The van der Waals surface area contributed by atoms with Crippen LogP contribution in [-0.2, 0) is 26.9 Å². The Bertz CT molecular complexity index is 1360. The quantitative estimate of drug-likeness (QED) is 0.328. The minimum atomic E-state index is -4.85. The van der Waals surface area contributed by atoms with Crippen molar-refractivity contribution in [2.45, 2.75) is 51.5 Å². The summed E-state index contributed by atoms with van der Waals surface area (Å²) in [5.41, 5.74) is -0.0227. The van der Waals surface area contributed by atoms with E-state index in [2.05, 4.69) is 5.32 Å². The van der Waals surface area contributed by atoms with E-state index < -0.39 is 35.0 Å². The van der Waals surface area contributed by atoms with Gasteiger partial charge in [0.2, 0.25) is 6.41 Å². The monoisotopic (exact) mass is 527 g/mol. The summed E-state index contributed by atoms with van der Waals surface area (Å²) in [6, 6.07) is 13.9. The zero-order chi connectivity index (χ0) is 27.7. The maximum atomic E-state index is 14.5. The summed E-state index contributed by atoms with van der Waals surface area (Å²) in [5.74, 6) is -0.894. The fraction of sp³-hybridized carbons (Fsp3) is 0.310. The van der Waals surface area contributed by atoms with E-state index in [9.17, 15) is 27.9 Å². The van der Waals surface area contributed by atoms with Crippen LogP contribution in [0.5, 0.6) is 5.75 Å². The lowest BCUT2D eigenvalue weighted by Gasteiger charge is -2.30. The van der Waals surface area contributed by atoms with Crippen molar-refractivity contribution in [3.05, 3.63) is 71.3 Å². The molecule has 38 heavy (non-hydrogen) atoms. The van der Waals surface area contributed by atoms with Crippen LogP contribution in [0.15, 0.2) is 54.6 Å². The van der Waals surface area contributed by atoms with Crippen LogP contribution in [0.25, 0.3) is 22.3 Å². The van der Waals surface area contributed by atoms with Crippen LogP contribution >= 0.6 is 0 Å². The number of carbonyl (C=O) groups excluding carboxylic acids is 1. The average Bonchev–Trinajstić information content (AvgIpc) is 2.85. The van der Waals surface area contributed by atoms with E-state index in [4.69, 9.17) is 9.47 Å². The van der Waals surface area contributed by atoms with Gasteiger partial charge in [-0.15, -0.1) is 0 Å². The molecular formula is C29H28F3NO5. The molecule has 1 aliphatic heterocycles. The van der Waals surface area contributed by atoms with Gasteiger partial charge in [0.15, 0.2) is 6.10 Å². The Hall–Kier alpha value is -3.85. The van der Waals surface area contributed by atoms with Gasteiger partial charge in [0.1, 0.15) is 5.75 Å². The van der Waals surface area contributed by atoms with Gasteiger partial charge in [-0.25, -0.2) is 4.79 Å². The molecule has 2 N–H and O–H groups in total. The number of hydrogen-bond donors (Lipinski definition) is 2. The van der Waals surface area contributed by atoms with Crippen molar-refractivity contribution in [2.75, 3.05) is 11.9 Å². The maximum absolute atomic E-state index is 14.5. The Kier molecular flexibility index (Phi) is 7.51. The third-order valence-corrected chi connectivity index (χ3v) is 6.11. The van der Waals surface area contributed by atoms with E-state index >= 15 is 0 Å². The Morgan fingerprint density at radius 1 is 1.08 bits per heavy atom. The van der Waals surface area contributed by atoms with Crippen LogP contribution in [-0.4, -0.2) is 29.7 Å². The number of carbonyl (C=O) groups is 2. The molecule has 0 aromatic heterocycles. The highest BCUT2D eigenvalue weighted by Gasteiger charge is 2.41. The van der Waals surface area contributed by atoms with Crippen molar-refractivity contribution in [3.8, 4) is 28.0 Å². The molecule has 200 valence electrons. The molecule has 1 aliphatic rings. The molecule has 1 unspecified atom stereocenters. The SMILES string of the molecule is CC(C)(C)OC(C(=O)O)c1c(C(F)(F)F)ccc(-c2cccc(NC=O)c2)c1-c1ccc2c(c1)CCCO2. The first-order chi connectivity index (χ1) is 17.9. The second kappa shape index (κ2) is 10.5. The van der Waals surface area contributed by atoms with E-state index in [1.165, 1.54) is 6.07 Å². The smallest absolute Gasteiger partial charge is 0.416 e. The molecule has 4 rings (SSSR count). The molecule has 0 radical (unpaired) electrons. The largest absolute Gasteiger partial charge is 0.493 e. The third kappa shape index (κ3) is 5.83. The predicted molar refractivity (Wildman–Crippen MR) is 137 cm³/mol. The lowest BCUT2D eigenvalue weighted by molar-refractivity contribution is -0.163. The molecule has 9 heteroatoms. The summed E-state index contributed by atoms with van der Waals surface area (Å²) in [7, 11) is 0. The van der Waals surface area contributed by atoms with E-state index in [1.807, 2.05) is 0 Å². The fourth-order valence-electron chi connectivity index (χ4n) is 4.64. The lowest BCUT2D eigenvalue weighted by Crippen LogP contribution is -2.29. The fourth-order valence-corrected chi connectivity index (χ4v) is 4.64. The molecular weight excluding hydrogens is 499 g/mol. The van der Waals surface area contributed by atoms with Gasteiger partial charge >= 0.3 is 12.1 Å². The van der Waals surface area contributed by atoms with E-state index in [0.29, 0.717) is 47.6 Å². The van der Waals surface area contributed by atoms with Gasteiger partial charge in [-0.2, -0.15) is 13.2 Å². The molecule has 3 aromatic rings. The number of aliphatic carboxylic acids is 1. The molecule has 0 spiro atoms. The van der Waals surface area contributed by atoms with Gasteiger partial charge in [-0.05, 0) is 91.8 Å². The number of rotatable bonds is 7. The number of ether oxygens (including phenoxy) is 2. The van der Waals surface area contributed by atoms with Crippen molar-refractivity contribution in [3.63, 3.8) is 0 Å². The van der Waals surface area contributed by atoms with Gasteiger partial charge < -0.3 is 19.9 Å². The van der Waals surface area contributed by atoms with E-state index in [-0.39, 0.29) is 5.56 Å². The van der Waals surface area contributed by atoms with Gasteiger partial charge in [0.05, 0.1) is 17.8 Å². The summed E-state index contributed by atoms with van der Waals surface area (Å²) in [5, 5.41) is 12.7. The van der Waals surface area contributed by atoms with Gasteiger partial charge in [0, 0.05) is 11.3 Å². The summed E-state index contributed by atoms with van der Waals surface area (Å²) in [6.07, 6.45) is -4.84. The molecule has 0 fully saturated rings. The van der Waals surface area contributed by atoms with Crippen molar-refractivity contribution < 1.29 is 37.3 Å². The number of hydrogen-bond acceptors (Lipinski definition) is 4. The van der Waals surface area contributed by atoms with Crippen molar-refractivity contribution in [1.29, 1.82) is 0 Å². The summed E-state index contributed by atoms with van der Waals surface area (Å²) in [4.78, 5) is 23.5. The molecule has 1 amide bonds. The van der Waals surface area contributed by atoms with Crippen LogP contribution in [0.2, 0.25) is 0 Å². The van der Waals surface area contributed by atoms with Crippen molar-refractivity contribution in [2.24, 2.45) is 0 Å². The first-order valence-electron chi connectivity index (χ1n) is 12.1. The second-order valence-electron chi connectivity index (χ2n) is 10.0. The number of carboxylic acids is 1. The molecule has 0 saturated carbocycles. The number of aryl methyl sites for hydroxylation is 1. The minimum Gasteiger partial charge on any atom is -0.493 e. The number of nitrogens with one attached hydrogen (secondary N) is 1. The number of carboxylic acid groups (broad SMARTS) is 1. The third-order valence-electron chi connectivity index (χ3n) is 6.11. The van der Waals surface area contributed by atoms with E-state index in [0.717, 1.165) is 18.1 Å². The Morgan fingerprint density at radius 3 is 2.50 bits per heavy atom. The number of benzene rings is 3. The highest BCUT2D eigenvalue weighted by Crippen LogP contribution is 2.47. The summed E-state index contributed by atoms with van der Waals surface area (Å²) < 4.78 is 54.8. The van der Waals surface area contributed by atoms with Gasteiger partial charge in [-0.1, -0.05) is 24.3 Å². The number of alkyl halides is 3. The zero-order valence-electron chi connectivity index (χ0n) is 21.2. The van der Waals surface area contributed by atoms with Crippen LogP contribution in [0.4, 0.5) is 18.9 Å². The Balaban J connectivity index is 2.11. The first kappa shape index (κ1) is 27.2. The Labute approximate surface area is 218 Å². The highest BCUT2D eigenvalue weighted by molar-refractivity contribution is 5.92. The van der Waals surface area contributed by atoms with Crippen LogP contribution in [0, 0.1) is 0 Å². The van der Waals surface area contributed by atoms with Crippen molar-refractivity contribution in [1.82, 2.24) is 0 Å². The topological polar surface area (TPSA) is 84.9 Å². The minimum absolute atomic E-state index is 0.0908. The van der Waals surface area contributed by atoms with Crippen molar-refractivity contribution >= 4 is 18.1 Å². The standard InChI is InChI=1S/C29H28F3NO5/c1-28(2,3)38-26(27(35)36)25-22(29(30,31)32)11-10-21(17-6-4-8-20(15-17)33-16-34)24(25)19-9-12-23-18(14-19)7-5-13-37-23/h4,6,8-12,14-16,26H,5,7,13H2,1-3H3,(H,33,34)(H,35,36). The molecule has 0 bridgehead atoms. The summed E-state index contributed by atoms with van der Waals surface area (Å²) in [6.45, 7) is 5.31. The zero-order valence-corrected chi connectivity index (χ0v) is 21.2. The highest BCUT2D eigenvalue weighted by atomic mass is 19.4. The number of fused-ring (bicyclic) bond motifs is 1. The maximum Gasteiger partial charge on any atom is 0.416 e. The summed E-state index contributed by atoms with van der Waals surface area (Å²) >= 11 is 0. The number of anilines is 1. The number of amides is 1. The molecule has 1 atom stereocenters. The van der Waals surface area contributed by atoms with Crippen LogP contribution < -0.4 is 10.1 Å². The average molecular weight is 528 g/mol. The number of halogens is 3. The molecule has 0 aliphatic carbocycles. The van der Waals surface area contributed by atoms with Crippen LogP contribution in [0.1, 0.15) is 50.0 Å². The second-order valence-corrected chi connectivity index (χ2v) is 10.0. The normalized spacial score (nSPS) is 14.3. The molecule has 1 heterocycles. The molecule has 3 aromatic carbocycles. The van der Waals surface area contributed by atoms with Gasteiger partial charge in [-0.3, -0.25) is 4.79 Å². The van der Waals surface area contributed by atoms with E-state index in [1.54, 1.807) is 63.2 Å². The molecule has 0 saturated heterocycles. The predicted octanol–water partition coefficient (Wildman–Crippen LogP) is 6.87. The first-order valence-corrected chi connectivity index (χ1v) is 12.1.